The Bertz CT molecular complexity index is 581. The van der Waals surface area contributed by atoms with E-state index in [0.717, 1.165) is 32.4 Å². The Hall–Kier alpha value is -1.86. The molecule has 3 rings (SSSR count). The van der Waals surface area contributed by atoms with Crippen LogP contribution in [0, 0.1) is 6.92 Å². The van der Waals surface area contributed by atoms with Crippen LogP contribution < -0.4 is 25.8 Å². The van der Waals surface area contributed by atoms with Gasteiger partial charge in [-0.15, -0.1) is 0 Å². The van der Waals surface area contributed by atoms with Gasteiger partial charge in [0.15, 0.2) is 5.75 Å². The van der Waals surface area contributed by atoms with Gasteiger partial charge in [-0.1, -0.05) is 0 Å². The first-order chi connectivity index (χ1) is 11.6. The predicted octanol–water partition coefficient (Wildman–Crippen LogP) is 0.751. The van der Waals surface area contributed by atoms with Crippen molar-refractivity contribution in [1.82, 2.24) is 15.6 Å². The van der Waals surface area contributed by atoms with Crippen LogP contribution in [0.1, 0.15) is 41.7 Å². The minimum absolute atomic E-state index is 0.232. The van der Waals surface area contributed by atoms with Crippen molar-refractivity contribution in [3.63, 3.8) is 0 Å². The van der Waals surface area contributed by atoms with Crippen molar-refractivity contribution in [3.05, 3.63) is 17.3 Å². The number of nitrogens with two attached hydrogens (primary N) is 1. The molecule has 2 saturated heterocycles. The number of pyridine rings is 1. The zero-order valence-corrected chi connectivity index (χ0v) is 14.1. The molecule has 7 nitrogen and oxygen atoms in total. The lowest BCUT2D eigenvalue weighted by Crippen LogP contribution is -2.30. The minimum atomic E-state index is -0.555. The summed E-state index contributed by atoms with van der Waals surface area (Å²) in [6, 6.07) is 2.46. The lowest BCUT2D eigenvalue weighted by atomic mass is 10.2. The number of aryl methyl sites for hydroxylation is 1. The SMILES string of the molecule is Cc1cc(OC[C@@H]2CCCN2)c(OC[C@@H]2CCCN2)nc1C(N)=O. The van der Waals surface area contributed by atoms with Gasteiger partial charge in [0.05, 0.1) is 0 Å². The van der Waals surface area contributed by atoms with Crippen LogP contribution >= 0.6 is 0 Å². The molecule has 1 aromatic rings. The van der Waals surface area contributed by atoms with Crippen molar-refractivity contribution < 1.29 is 14.3 Å². The van der Waals surface area contributed by atoms with Gasteiger partial charge in [0.1, 0.15) is 18.9 Å². The highest BCUT2D eigenvalue weighted by molar-refractivity contribution is 5.92. The van der Waals surface area contributed by atoms with Gasteiger partial charge >= 0.3 is 0 Å². The van der Waals surface area contributed by atoms with E-state index in [-0.39, 0.29) is 5.69 Å². The number of nitrogens with one attached hydrogen (secondary N) is 2. The molecule has 0 saturated carbocycles. The Morgan fingerprint density at radius 2 is 1.83 bits per heavy atom. The van der Waals surface area contributed by atoms with E-state index in [0.29, 0.717) is 42.5 Å². The molecule has 132 valence electrons. The molecule has 0 radical (unpaired) electrons. The van der Waals surface area contributed by atoms with Gasteiger partial charge in [0, 0.05) is 12.1 Å². The van der Waals surface area contributed by atoms with Crippen molar-refractivity contribution in [2.75, 3.05) is 26.3 Å². The van der Waals surface area contributed by atoms with Crippen LogP contribution in [-0.4, -0.2) is 49.3 Å². The lowest BCUT2D eigenvalue weighted by molar-refractivity contribution is 0.0993. The van der Waals surface area contributed by atoms with E-state index in [1.165, 1.54) is 6.42 Å². The molecular weight excluding hydrogens is 308 g/mol. The molecule has 2 aliphatic heterocycles. The maximum absolute atomic E-state index is 11.6. The second-order valence-electron chi connectivity index (χ2n) is 6.53. The number of nitrogens with zero attached hydrogens (tertiary/aromatic N) is 1. The number of aromatic nitrogens is 1. The Morgan fingerprint density at radius 3 is 2.38 bits per heavy atom. The standard InChI is InChI=1S/C17H26N4O3/c1-11-8-14(23-9-12-4-2-6-19-12)17(21-15(11)16(18)22)24-10-13-5-3-7-20-13/h8,12-13,19-20H,2-7,9-10H2,1H3,(H2,18,22)/t12-,13-/m0/s1. The highest BCUT2D eigenvalue weighted by Gasteiger charge is 2.21. The number of primary amides is 1. The van der Waals surface area contributed by atoms with E-state index >= 15 is 0 Å². The molecule has 2 fully saturated rings. The van der Waals surface area contributed by atoms with Crippen molar-refractivity contribution >= 4 is 5.91 Å². The third-order valence-electron chi connectivity index (χ3n) is 4.56. The third-order valence-corrected chi connectivity index (χ3v) is 4.56. The van der Waals surface area contributed by atoms with Gasteiger partial charge in [-0.05, 0) is 57.3 Å². The van der Waals surface area contributed by atoms with E-state index in [4.69, 9.17) is 15.2 Å². The van der Waals surface area contributed by atoms with E-state index in [9.17, 15) is 4.79 Å². The molecule has 2 atom stereocenters. The second kappa shape index (κ2) is 7.81. The molecule has 0 unspecified atom stereocenters. The van der Waals surface area contributed by atoms with Gasteiger partial charge in [0.2, 0.25) is 0 Å². The quantitative estimate of drug-likeness (QED) is 0.681. The van der Waals surface area contributed by atoms with Gasteiger partial charge < -0.3 is 25.8 Å². The van der Waals surface area contributed by atoms with Crippen LogP contribution in [0.15, 0.2) is 6.07 Å². The molecule has 7 heteroatoms. The highest BCUT2D eigenvalue weighted by atomic mass is 16.5. The molecule has 0 aromatic carbocycles. The Kier molecular flexibility index (Phi) is 5.52. The number of hydrogen-bond acceptors (Lipinski definition) is 6. The monoisotopic (exact) mass is 334 g/mol. The molecule has 0 bridgehead atoms. The summed E-state index contributed by atoms with van der Waals surface area (Å²) < 4.78 is 11.8. The normalized spacial score (nSPS) is 23.4. The number of hydrogen-bond donors (Lipinski definition) is 3. The fourth-order valence-corrected chi connectivity index (χ4v) is 3.20. The molecule has 24 heavy (non-hydrogen) atoms. The summed E-state index contributed by atoms with van der Waals surface area (Å²) in [6.07, 6.45) is 4.51. The Labute approximate surface area is 142 Å². The van der Waals surface area contributed by atoms with Gasteiger partial charge in [-0.25, -0.2) is 4.98 Å². The minimum Gasteiger partial charge on any atom is -0.486 e. The molecular formula is C17H26N4O3. The molecule has 4 N–H and O–H groups in total. The largest absolute Gasteiger partial charge is 0.486 e. The summed E-state index contributed by atoms with van der Waals surface area (Å²) in [5.74, 6) is 0.366. The van der Waals surface area contributed by atoms with Crippen molar-refractivity contribution in [2.45, 2.75) is 44.7 Å². The molecule has 0 spiro atoms. The van der Waals surface area contributed by atoms with Crippen LogP contribution in [-0.2, 0) is 0 Å². The summed E-state index contributed by atoms with van der Waals surface area (Å²) >= 11 is 0. The first-order valence-corrected chi connectivity index (χ1v) is 8.67. The van der Waals surface area contributed by atoms with Crippen LogP contribution in [0.4, 0.5) is 0 Å². The van der Waals surface area contributed by atoms with Crippen molar-refractivity contribution in [2.24, 2.45) is 5.73 Å². The first-order valence-electron chi connectivity index (χ1n) is 8.67. The third kappa shape index (κ3) is 4.15. The molecule has 2 aliphatic rings. The van der Waals surface area contributed by atoms with Gasteiger partial charge in [-0.3, -0.25) is 4.79 Å². The van der Waals surface area contributed by atoms with Crippen molar-refractivity contribution in [1.29, 1.82) is 0 Å². The summed E-state index contributed by atoms with van der Waals surface area (Å²) in [5.41, 5.74) is 6.33. The van der Waals surface area contributed by atoms with Crippen molar-refractivity contribution in [3.8, 4) is 11.6 Å². The lowest BCUT2D eigenvalue weighted by Gasteiger charge is -2.18. The molecule has 3 heterocycles. The Morgan fingerprint density at radius 1 is 1.21 bits per heavy atom. The zero-order valence-electron chi connectivity index (χ0n) is 14.1. The summed E-state index contributed by atoms with van der Waals surface area (Å²) in [6.45, 7) is 4.92. The van der Waals surface area contributed by atoms with Gasteiger partial charge in [0.25, 0.3) is 11.8 Å². The Balaban J connectivity index is 1.72. The predicted molar refractivity (Wildman–Crippen MR) is 90.5 cm³/mol. The smallest absolute Gasteiger partial charge is 0.267 e. The molecule has 0 aliphatic carbocycles. The highest BCUT2D eigenvalue weighted by Crippen LogP contribution is 2.28. The average Bonchev–Trinajstić information content (AvgIpc) is 3.25. The molecule has 1 aromatic heterocycles. The first kappa shape index (κ1) is 17.0. The van der Waals surface area contributed by atoms with Gasteiger partial charge in [-0.2, -0.15) is 0 Å². The van der Waals surface area contributed by atoms with Crippen LogP contribution in [0.25, 0.3) is 0 Å². The van der Waals surface area contributed by atoms with Crippen LogP contribution in [0.2, 0.25) is 0 Å². The summed E-state index contributed by atoms with van der Waals surface area (Å²) in [7, 11) is 0. The second-order valence-corrected chi connectivity index (χ2v) is 6.53. The van der Waals surface area contributed by atoms with E-state index in [2.05, 4.69) is 15.6 Å². The number of amides is 1. The number of carbonyl (C=O) groups is 1. The average molecular weight is 334 g/mol. The van der Waals surface area contributed by atoms with E-state index < -0.39 is 5.91 Å². The maximum Gasteiger partial charge on any atom is 0.267 e. The van der Waals surface area contributed by atoms with E-state index in [1.807, 2.05) is 0 Å². The van der Waals surface area contributed by atoms with Crippen LogP contribution in [0.5, 0.6) is 11.6 Å². The number of carbonyl (C=O) groups excluding carboxylic acids is 1. The summed E-state index contributed by atoms with van der Waals surface area (Å²) in [5, 5.41) is 6.77. The molecule has 1 amide bonds. The zero-order chi connectivity index (χ0) is 16.9. The fourth-order valence-electron chi connectivity index (χ4n) is 3.20. The van der Waals surface area contributed by atoms with E-state index in [1.54, 1.807) is 13.0 Å². The number of ether oxygens (including phenoxy) is 2. The fraction of sp³-hybridized carbons (Fsp3) is 0.647. The van der Waals surface area contributed by atoms with Crippen LogP contribution in [0.3, 0.4) is 0 Å². The summed E-state index contributed by atoms with van der Waals surface area (Å²) in [4.78, 5) is 15.9. The maximum atomic E-state index is 11.6. The number of rotatable bonds is 7. The topological polar surface area (TPSA) is 98.5 Å².